The van der Waals surface area contributed by atoms with Crippen molar-refractivity contribution < 1.29 is 4.74 Å². The maximum Gasteiger partial charge on any atom is 0.227 e. The van der Waals surface area contributed by atoms with Gasteiger partial charge in [0, 0.05) is 24.5 Å². The van der Waals surface area contributed by atoms with E-state index in [1.807, 2.05) is 48.2 Å². The lowest BCUT2D eigenvalue weighted by Crippen LogP contribution is -2.34. The highest BCUT2D eigenvalue weighted by Crippen LogP contribution is 2.40. The first-order valence-electron chi connectivity index (χ1n) is 11.0. The first-order chi connectivity index (χ1) is 15.4. The van der Waals surface area contributed by atoms with Gasteiger partial charge in [0.05, 0.1) is 24.3 Å². The third-order valence-corrected chi connectivity index (χ3v) is 5.88. The molecule has 3 N–H and O–H groups in total. The molecular weight excluding hydrogens is 402 g/mol. The van der Waals surface area contributed by atoms with Crippen molar-refractivity contribution in [1.82, 2.24) is 20.2 Å². The largest absolute Gasteiger partial charge is 0.488 e. The molecule has 4 rings (SSSR count). The Labute approximate surface area is 189 Å². The van der Waals surface area contributed by atoms with Crippen LogP contribution in [-0.2, 0) is 13.0 Å². The van der Waals surface area contributed by atoms with Crippen LogP contribution in [0.1, 0.15) is 38.3 Å². The summed E-state index contributed by atoms with van der Waals surface area (Å²) in [5.74, 6) is 2.88. The molecule has 8 heteroatoms. The van der Waals surface area contributed by atoms with E-state index in [1.165, 1.54) is 5.56 Å². The second kappa shape index (κ2) is 8.90. The van der Waals surface area contributed by atoms with Crippen LogP contribution in [0.3, 0.4) is 0 Å². The standard InChI is InChI=1S/C24H31N7O/c1-6-16-10-8-9-11-20(16)32-17(7-2)13-30(5)24-26-12-18-21-19(22(25)29-28-21)14-31(15(3)4)23(18)27-24/h8-12,17H,3,6-7,13-14H2,1-2,4-5H3,(H3,25,28,29). The first kappa shape index (κ1) is 21.7. The summed E-state index contributed by atoms with van der Waals surface area (Å²) in [6.07, 6.45) is 3.66. The lowest BCUT2D eigenvalue weighted by atomic mass is 10.0. The number of fused-ring (bicyclic) bond motifs is 3. The zero-order chi connectivity index (χ0) is 22.8. The first-order valence-corrected chi connectivity index (χ1v) is 11.0. The predicted molar refractivity (Wildman–Crippen MR) is 129 cm³/mol. The van der Waals surface area contributed by atoms with Crippen LogP contribution in [0.25, 0.3) is 11.3 Å². The average molecular weight is 434 g/mol. The van der Waals surface area contributed by atoms with Crippen LogP contribution in [0.5, 0.6) is 5.75 Å². The van der Waals surface area contributed by atoms with Crippen LogP contribution < -0.4 is 20.3 Å². The molecule has 0 spiro atoms. The van der Waals surface area contributed by atoms with E-state index >= 15 is 0 Å². The van der Waals surface area contributed by atoms with E-state index in [0.717, 1.165) is 46.9 Å². The van der Waals surface area contributed by atoms with Gasteiger partial charge in [0.25, 0.3) is 0 Å². The van der Waals surface area contributed by atoms with Gasteiger partial charge in [-0.25, -0.2) is 4.98 Å². The summed E-state index contributed by atoms with van der Waals surface area (Å²) in [5, 5.41) is 7.19. The Morgan fingerprint density at radius 3 is 2.84 bits per heavy atom. The summed E-state index contributed by atoms with van der Waals surface area (Å²) in [7, 11) is 1.99. The summed E-state index contributed by atoms with van der Waals surface area (Å²) in [4.78, 5) is 13.6. The molecule has 0 aliphatic carbocycles. The molecule has 1 unspecified atom stereocenters. The molecule has 1 aliphatic heterocycles. The third kappa shape index (κ3) is 4.00. The number of allylic oxidation sites excluding steroid dienone is 1. The fourth-order valence-corrected chi connectivity index (χ4v) is 3.97. The van der Waals surface area contributed by atoms with Crippen molar-refractivity contribution in [2.75, 3.05) is 29.1 Å². The van der Waals surface area contributed by atoms with Crippen molar-refractivity contribution in [2.24, 2.45) is 0 Å². The Bertz CT molecular complexity index is 1120. The van der Waals surface area contributed by atoms with Crippen LogP contribution >= 0.6 is 0 Å². The number of rotatable bonds is 8. The average Bonchev–Trinajstić information content (AvgIpc) is 3.18. The SMILES string of the molecule is C=C(C)N1Cc2c(N)n[nH]c2-c2cnc(N(C)CC(CC)Oc3ccccc3CC)nc21. The number of aryl methyl sites for hydroxylation is 1. The van der Waals surface area contributed by atoms with Gasteiger partial charge in [-0.05, 0) is 31.4 Å². The number of hydrogen-bond acceptors (Lipinski definition) is 7. The highest BCUT2D eigenvalue weighted by atomic mass is 16.5. The lowest BCUT2D eigenvalue weighted by molar-refractivity contribution is 0.201. The number of likely N-dealkylation sites (N-methyl/N-ethyl adjacent to an activating group) is 1. The number of nitrogens with one attached hydrogen (secondary N) is 1. The van der Waals surface area contributed by atoms with Crippen LogP contribution in [0.2, 0.25) is 0 Å². The summed E-state index contributed by atoms with van der Waals surface area (Å²) < 4.78 is 6.35. The molecule has 0 saturated carbocycles. The molecule has 8 nitrogen and oxygen atoms in total. The minimum absolute atomic E-state index is 0.0172. The number of aromatic nitrogens is 4. The third-order valence-electron chi connectivity index (χ3n) is 5.88. The number of nitrogens with two attached hydrogens (primary N) is 1. The molecule has 3 heterocycles. The molecule has 0 radical (unpaired) electrons. The Morgan fingerprint density at radius 1 is 1.34 bits per heavy atom. The number of nitrogens with zero attached hydrogens (tertiary/aromatic N) is 5. The van der Waals surface area contributed by atoms with Crippen molar-refractivity contribution in [1.29, 1.82) is 0 Å². The monoisotopic (exact) mass is 433 g/mol. The quantitative estimate of drug-likeness (QED) is 0.551. The fourth-order valence-electron chi connectivity index (χ4n) is 3.97. The normalized spacial score (nSPS) is 13.3. The van der Waals surface area contributed by atoms with Gasteiger partial charge in [-0.3, -0.25) is 5.10 Å². The number of aromatic amines is 1. The molecule has 1 aliphatic rings. The molecule has 168 valence electrons. The summed E-state index contributed by atoms with van der Waals surface area (Å²) >= 11 is 0. The molecule has 1 atom stereocenters. The minimum Gasteiger partial charge on any atom is -0.488 e. The van der Waals surface area contributed by atoms with Crippen molar-refractivity contribution >= 4 is 17.6 Å². The fraction of sp³-hybridized carbons (Fsp3) is 0.375. The van der Waals surface area contributed by atoms with Gasteiger partial charge < -0.3 is 20.3 Å². The van der Waals surface area contributed by atoms with Gasteiger partial charge in [-0.2, -0.15) is 10.1 Å². The van der Waals surface area contributed by atoms with Gasteiger partial charge in [-0.15, -0.1) is 0 Å². The van der Waals surface area contributed by atoms with Gasteiger partial charge >= 0.3 is 0 Å². The maximum absolute atomic E-state index is 6.35. The van der Waals surface area contributed by atoms with Gasteiger partial charge in [0.15, 0.2) is 5.82 Å². The number of nitrogen functional groups attached to an aromatic ring is 1. The summed E-state index contributed by atoms with van der Waals surface area (Å²) in [6.45, 7) is 11.6. The van der Waals surface area contributed by atoms with Crippen LogP contribution in [0, 0.1) is 0 Å². The highest BCUT2D eigenvalue weighted by molar-refractivity contribution is 5.82. The van der Waals surface area contributed by atoms with Crippen molar-refractivity contribution in [3.05, 3.63) is 53.9 Å². The molecule has 1 aromatic carbocycles. The van der Waals surface area contributed by atoms with E-state index in [9.17, 15) is 0 Å². The smallest absolute Gasteiger partial charge is 0.227 e. The second-order valence-electron chi connectivity index (χ2n) is 8.18. The van der Waals surface area contributed by atoms with Gasteiger partial charge in [-0.1, -0.05) is 38.6 Å². The van der Waals surface area contributed by atoms with E-state index in [0.29, 0.717) is 24.9 Å². The lowest BCUT2D eigenvalue weighted by Gasteiger charge is -2.31. The molecule has 0 bridgehead atoms. The Morgan fingerprint density at radius 2 is 2.12 bits per heavy atom. The molecule has 0 amide bonds. The van der Waals surface area contributed by atoms with Crippen LogP contribution in [0.4, 0.5) is 17.6 Å². The van der Waals surface area contributed by atoms with E-state index in [1.54, 1.807) is 0 Å². The number of para-hydroxylation sites is 1. The summed E-state index contributed by atoms with van der Waals surface area (Å²) in [5.41, 5.74) is 10.8. The molecular formula is C24H31N7O. The number of anilines is 3. The van der Waals surface area contributed by atoms with E-state index in [2.05, 4.69) is 41.7 Å². The minimum atomic E-state index is 0.0172. The van der Waals surface area contributed by atoms with Crippen molar-refractivity contribution in [3.8, 4) is 17.0 Å². The Hall–Kier alpha value is -3.55. The topological polar surface area (TPSA) is 96.2 Å². The molecule has 2 aromatic heterocycles. The van der Waals surface area contributed by atoms with E-state index in [-0.39, 0.29) is 6.10 Å². The Balaban J connectivity index is 1.59. The second-order valence-corrected chi connectivity index (χ2v) is 8.18. The number of ether oxygens (including phenoxy) is 1. The predicted octanol–water partition coefficient (Wildman–Crippen LogP) is 4.16. The number of benzene rings is 1. The molecule has 0 fully saturated rings. The van der Waals surface area contributed by atoms with Crippen LogP contribution in [-0.4, -0.2) is 39.9 Å². The zero-order valence-electron chi connectivity index (χ0n) is 19.2. The zero-order valence-corrected chi connectivity index (χ0v) is 19.2. The Kier molecular flexibility index (Phi) is 6.03. The highest BCUT2D eigenvalue weighted by Gasteiger charge is 2.29. The van der Waals surface area contributed by atoms with Gasteiger partial charge in [0.2, 0.25) is 5.95 Å². The van der Waals surface area contributed by atoms with E-state index < -0.39 is 0 Å². The molecule has 0 saturated heterocycles. The molecule has 3 aromatic rings. The van der Waals surface area contributed by atoms with Crippen molar-refractivity contribution in [2.45, 2.75) is 46.3 Å². The summed E-state index contributed by atoms with van der Waals surface area (Å²) in [6, 6.07) is 8.21. The van der Waals surface area contributed by atoms with Crippen LogP contribution in [0.15, 0.2) is 42.7 Å². The van der Waals surface area contributed by atoms with E-state index in [4.69, 9.17) is 15.5 Å². The number of hydrogen-bond donors (Lipinski definition) is 2. The van der Waals surface area contributed by atoms with Crippen molar-refractivity contribution in [3.63, 3.8) is 0 Å². The molecule has 32 heavy (non-hydrogen) atoms. The maximum atomic E-state index is 6.35. The number of H-pyrrole nitrogens is 1. The van der Waals surface area contributed by atoms with Gasteiger partial charge in [0.1, 0.15) is 17.7 Å².